The Morgan fingerprint density at radius 1 is 1.14 bits per heavy atom. The van der Waals surface area contributed by atoms with Gasteiger partial charge in [0, 0.05) is 31.9 Å². The van der Waals surface area contributed by atoms with Gasteiger partial charge in [0.05, 0.1) is 5.69 Å². The Labute approximate surface area is 168 Å². The number of benzene rings is 1. The van der Waals surface area contributed by atoms with Crippen LogP contribution in [-0.2, 0) is 16.8 Å². The Hall–Kier alpha value is -2.40. The van der Waals surface area contributed by atoms with Crippen LogP contribution in [0.15, 0.2) is 48.7 Å². The minimum Gasteiger partial charge on any atom is -0.483 e. The zero-order valence-electron chi connectivity index (χ0n) is 17.1. The lowest BCUT2D eigenvalue weighted by atomic mass is 9.86. The van der Waals surface area contributed by atoms with Gasteiger partial charge in [0.2, 0.25) is 0 Å². The molecule has 1 amide bonds. The van der Waals surface area contributed by atoms with Crippen LogP contribution in [-0.4, -0.2) is 41.5 Å². The van der Waals surface area contributed by atoms with Gasteiger partial charge in [-0.2, -0.15) is 0 Å². The maximum Gasteiger partial charge on any atom is 0.258 e. The van der Waals surface area contributed by atoms with E-state index in [1.165, 1.54) is 0 Å². The fourth-order valence-corrected chi connectivity index (χ4v) is 3.58. The molecule has 5 heteroatoms. The predicted octanol–water partition coefficient (Wildman–Crippen LogP) is 3.54. The van der Waals surface area contributed by atoms with Crippen molar-refractivity contribution in [1.82, 2.24) is 15.2 Å². The summed E-state index contributed by atoms with van der Waals surface area (Å²) in [6, 6.07) is 14.2. The average molecular weight is 382 g/mol. The second kappa shape index (κ2) is 9.20. The van der Waals surface area contributed by atoms with Gasteiger partial charge >= 0.3 is 0 Å². The van der Waals surface area contributed by atoms with Gasteiger partial charge in [-0.15, -0.1) is 0 Å². The van der Waals surface area contributed by atoms with Crippen LogP contribution in [0.3, 0.4) is 0 Å². The molecule has 1 aliphatic rings. The van der Waals surface area contributed by atoms with Crippen LogP contribution in [0.1, 0.15) is 44.9 Å². The first-order valence-electron chi connectivity index (χ1n) is 10.1. The fourth-order valence-electron chi connectivity index (χ4n) is 3.58. The van der Waals surface area contributed by atoms with E-state index in [-0.39, 0.29) is 24.0 Å². The molecule has 0 radical (unpaired) electrons. The number of rotatable bonds is 6. The van der Waals surface area contributed by atoms with E-state index in [4.69, 9.17) is 4.74 Å². The van der Waals surface area contributed by atoms with Crippen LogP contribution in [0.2, 0.25) is 0 Å². The molecule has 1 saturated heterocycles. The van der Waals surface area contributed by atoms with Gasteiger partial charge in [-0.05, 0) is 42.0 Å². The molecule has 0 aliphatic carbocycles. The van der Waals surface area contributed by atoms with Crippen LogP contribution in [0.25, 0.3) is 0 Å². The number of carbonyl (C=O) groups excluding carboxylic acids is 1. The minimum atomic E-state index is -0.0492. The highest BCUT2D eigenvalue weighted by Crippen LogP contribution is 2.30. The normalized spacial score (nSPS) is 16.0. The lowest BCUT2D eigenvalue weighted by Gasteiger charge is -2.32. The van der Waals surface area contributed by atoms with E-state index in [2.05, 4.69) is 48.1 Å². The summed E-state index contributed by atoms with van der Waals surface area (Å²) in [6.07, 6.45) is 3.74. The summed E-state index contributed by atoms with van der Waals surface area (Å²) >= 11 is 0. The number of carbonyl (C=O) groups is 1. The highest BCUT2D eigenvalue weighted by Gasteiger charge is 2.22. The molecular formula is C23H31N3O2. The molecule has 0 unspecified atom stereocenters. The SMILES string of the molecule is CC(C)(C)c1ccccc1OCC(=O)NC1CCN(Cc2ccccn2)CC1. The smallest absolute Gasteiger partial charge is 0.258 e. The number of hydrogen-bond donors (Lipinski definition) is 1. The Kier molecular flexibility index (Phi) is 6.68. The monoisotopic (exact) mass is 381 g/mol. The first-order chi connectivity index (χ1) is 13.4. The number of pyridine rings is 1. The number of ether oxygens (including phenoxy) is 1. The molecule has 0 saturated carbocycles. The number of hydrogen-bond acceptors (Lipinski definition) is 4. The average Bonchev–Trinajstić information content (AvgIpc) is 2.68. The Morgan fingerprint density at radius 2 is 1.86 bits per heavy atom. The molecule has 1 N–H and O–H groups in total. The molecule has 1 fully saturated rings. The van der Waals surface area contributed by atoms with Crippen molar-refractivity contribution >= 4 is 5.91 Å². The number of nitrogens with one attached hydrogen (secondary N) is 1. The molecule has 3 rings (SSSR count). The van der Waals surface area contributed by atoms with Crippen molar-refractivity contribution in [3.63, 3.8) is 0 Å². The highest BCUT2D eigenvalue weighted by molar-refractivity contribution is 5.77. The summed E-state index contributed by atoms with van der Waals surface area (Å²) in [5.41, 5.74) is 2.19. The quantitative estimate of drug-likeness (QED) is 0.832. The van der Waals surface area contributed by atoms with Gasteiger partial charge < -0.3 is 10.1 Å². The summed E-state index contributed by atoms with van der Waals surface area (Å²) in [5, 5.41) is 3.13. The third-order valence-corrected chi connectivity index (χ3v) is 5.12. The molecule has 1 aromatic carbocycles. The molecule has 0 atom stereocenters. The van der Waals surface area contributed by atoms with Crippen molar-refractivity contribution in [2.24, 2.45) is 0 Å². The molecule has 0 bridgehead atoms. The number of piperidine rings is 1. The van der Waals surface area contributed by atoms with Gasteiger partial charge in [0.15, 0.2) is 6.61 Å². The van der Waals surface area contributed by atoms with Crippen LogP contribution in [0, 0.1) is 0 Å². The van der Waals surface area contributed by atoms with Crippen molar-refractivity contribution in [3.8, 4) is 5.75 Å². The van der Waals surface area contributed by atoms with Gasteiger partial charge in [-0.25, -0.2) is 0 Å². The summed E-state index contributed by atoms with van der Waals surface area (Å²) < 4.78 is 5.84. The number of likely N-dealkylation sites (tertiary alicyclic amines) is 1. The highest BCUT2D eigenvalue weighted by atomic mass is 16.5. The minimum absolute atomic E-state index is 0.0203. The lowest BCUT2D eigenvalue weighted by Crippen LogP contribution is -2.45. The molecule has 1 aliphatic heterocycles. The van der Waals surface area contributed by atoms with E-state index in [0.29, 0.717) is 0 Å². The van der Waals surface area contributed by atoms with E-state index in [1.54, 1.807) is 0 Å². The van der Waals surface area contributed by atoms with E-state index in [0.717, 1.165) is 49.5 Å². The van der Waals surface area contributed by atoms with E-state index < -0.39 is 0 Å². The van der Waals surface area contributed by atoms with Gasteiger partial charge in [0.25, 0.3) is 5.91 Å². The predicted molar refractivity (Wildman–Crippen MR) is 111 cm³/mol. The lowest BCUT2D eigenvalue weighted by molar-refractivity contribution is -0.124. The third kappa shape index (κ3) is 5.80. The van der Waals surface area contributed by atoms with E-state index >= 15 is 0 Å². The van der Waals surface area contributed by atoms with Crippen molar-refractivity contribution in [3.05, 3.63) is 59.9 Å². The number of amides is 1. The summed E-state index contributed by atoms with van der Waals surface area (Å²) in [5.74, 6) is 0.738. The first-order valence-corrected chi connectivity index (χ1v) is 10.1. The van der Waals surface area contributed by atoms with E-state index in [9.17, 15) is 4.79 Å². The van der Waals surface area contributed by atoms with Crippen molar-refractivity contribution in [2.45, 2.75) is 51.6 Å². The van der Waals surface area contributed by atoms with Gasteiger partial charge in [-0.3, -0.25) is 14.7 Å². The second-order valence-corrected chi connectivity index (χ2v) is 8.47. The molecule has 0 spiro atoms. The Morgan fingerprint density at radius 3 is 2.54 bits per heavy atom. The Bertz CT molecular complexity index is 763. The summed E-state index contributed by atoms with van der Waals surface area (Å²) in [4.78, 5) is 19.1. The van der Waals surface area contributed by atoms with Crippen LogP contribution < -0.4 is 10.1 Å². The standard InChI is InChI=1S/C23H31N3O2/c1-23(2,3)20-9-4-5-10-21(20)28-17-22(27)25-18-11-14-26(15-12-18)16-19-8-6-7-13-24-19/h4-10,13,18H,11-12,14-17H2,1-3H3,(H,25,27). The Balaban J connectivity index is 1.43. The molecule has 5 nitrogen and oxygen atoms in total. The fraction of sp³-hybridized carbons (Fsp3) is 0.478. The van der Waals surface area contributed by atoms with Gasteiger partial charge in [0.1, 0.15) is 5.75 Å². The molecule has 150 valence electrons. The first kappa shape index (κ1) is 20.3. The number of aromatic nitrogens is 1. The van der Waals surface area contributed by atoms with Crippen molar-refractivity contribution < 1.29 is 9.53 Å². The van der Waals surface area contributed by atoms with Crippen LogP contribution in [0.5, 0.6) is 5.75 Å². The number of para-hydroxylation sites is 1. The van der Waals surface area contributed by atoms with Crippen LogP contribution >= 0.6 is 0 Å². The largest absolute Gasteiger partial charge is 0.483 e. The second-order valence-electron chi connectivity index (χ2n) is 8.47. The maximum absolute atomic E-state index is 12.4. The zero-order chi connectivity index (χ0) is 20.0. The zero-order valence-corrected chi connectivity index (χ0v) is 17.1. The third-order valence-electron chi connectivity index (χ3n) is 5.12. The van der Waals surface area contributed by atoms with Crippen molar-refractivity contribution in [2.75, 3.05) is 19.7 Å². The van der Waals surface area contributed by atoms with Gasteiger partial charge in [-0.1, -0.05) is 45.0 Å². The summed E-state index contributed by atoms with van der Waals surface area (Å²) in [7, 11) is 0. The van der Waals surface area contributed by atoms with Crippen molar-refractivity contribution in [1.29, 1.82) is 0 Å². The topological polar surface area (TPSA) is 54.5 Å². The van der Waals surface area contributed by atoms with Crippen LogP contribution in [0.4, 0.5) is 0 Å². The summed E-state index contributed by atoms with van der Waals surface area (Å²) in [6.45, 7) is 9.30. The molecular weight excluding hydrogens is 350 g/mol. The maximum atomic E-state index is 12.4. The molecule has 1 aromatic heterocycles. The molecule has 2 aromatic rings. The number of nitrogens with zero attached hydrogens (tertiary/aromatic N) is 2. The molecule has 28 heavy (non-hydrogen) atoms. The molecule has 2 heterocycles. The van der Waals surface area contributed by atoms with E-state index in [1.807, 2.05) is 36.5 Å².